The quantitative estimate of drug-likeness (QED) is 0.331. The lowest BCUT2D eigenvalue weighted by molar-refractivity contribution is 0.0697. The summed E-state index contributed by atoms with van der Waals surface area (Å²) in [5, 5.41) is 12.3. The van der Waals surface area contributed by atoms with Crippen LogP contribution in [0.25, 0.3) is 27.5 Å². The van der Waals surface area contributed by atoms with Gasteiger partial charge in [-0.1, -0.05) is 45.9 Å². The number of aromatic nitrogens is 2. The summed E-state index contributed by atoms with van der Waals surface area (Å²) in [4.78, 5) is 16.0. The first-order chi connectivity index (χ1) is 16.7. The van der Waals surface area contributed by atoms with E-state index in [1.807, 2.05) is 23.7 Å². The third kappa shape index (κ3) is 3.48. The van der Waals surface area contributed by atoms with Crippen LogP contribution in [0.15, 0.2) is 54.2 Å². The molecule has 1 N–H and O–H groups in total. The van der Waals surface area contributed by atoms with Crippen LogP contribution in [-0.4, -0.2) is 20.6 Å². The van der Waals surface area contributed by atoms with Gasteiger partial charge in [-0.15, -0.1) is 11.3 Å². The van der Waals surface area contributed by atoms with Gasteiger partial charge in [0.15, 0.2) is 5.13 Å². The molecule has 0 spiro atoms. The van der Waals surface area contributed by atoms with Crippen LogP contribution in [-0.2, 0) is 23.7 Å². The van der Waals surface area contributed by atoms with Gasteiger partial charge < -0.3 is 5.11 Å². The van der Waals surface area contributed by atoms with Crippen molar-refractivity contribution in [3.63, 3.8) is 0 Å². The number of benzene rings is 2. The largest absolute Gasteiger partial charge is 0.478 e. The SMILES string of the molecule is CC1(C)CCC(C)(C)c2cc3c(cc21)CCc1c(-c2ccc(C(=O)O)cc2)cn(-c2nccs2)c1-3. The molecule has 0 amide bonds. The molecule has 35 heavy (non-hydrogen) atoms. The summed E-state index contributed by atoms with van der Waals surface area (Å²) >= 11 is 1.64. The molecule has 0 unspecified atom stereocenters. The first-order valence-corrected chi connectivity index (χ1v) is 13.2. The fourth-order valence-corrected chi connectivity index (χ4v) is 6.59. The van der Waals surface area contributed by atoms with E-state index >= 15 is 0 Å². The van der Waals surface area contributed by atoms with Gasteiger partial charge in [-0.2, -0.15) is 0 Å². The highest BCUT2D eigenvalue weighted by atomic mass is 32.1. The minimum Gasteiger partial charge on any atom is -0.478 e. The average Bonchev–Trinajstić information content (AvgIpc) is 3.49. The van der Waals surface area contributed by atoms with Crippen LogP contribution in [0.4, 0.5) is 0 Å². The lowest BCUT2D eigenvalue weighted by Gasteiger charge is -2.43. The maximum Gasteiger partial charge on any atom is 0.335 e. The first kappa shape index (κ1) is 22.3. The van der Waals surface area contributed by atoms with E-state index in [-0.39, 0.29) is 10.8 Å². The van der Waals surface area contributed by atoms with Crippen LogP contribution in [0, 0.1) is 0 Å². The van der Waals surface area contributed by atoms with E-state index in [2.05, 4.69) is 55.6 Å². The molecule has 2 aromatic carbocycles. The molecule has 0 aliphatic heterocycles. The van der Waals surface area contributed by atoms with Gasteiger partial charge in [0.25, 0.3) is 0 Å². The summed E-state index contributed by atoms with van der Waals surface area (Å²) in [5.74, 6) is -0.900. The van der Waals surface area contributed by atoms with Crippen LogP contribution < -0.4 is 0 Å². The van der Waals surface area contributed by atoms with Crippen molar-refractivity contribution >= 4 is 17.3 Å². The Labute approximate surface area is 210 Å². The Morgan fingerprint density at radius 3 is 2.29 bits per heavy atom. The molecule has 0 radical (unpaired) electrons. The molecule has 2 heterocycles. The predicted molar refractivity (Wildman–Crippen MR) is 142 cm³/mol. The summed E-state index contributed by atoms with van der Waals surface area (Å²) in [5.41, 5.74) is 11.1. The van der Waals surface area contributed by atoms with Gasteiger partial charge in [0.05, 0.1) is 11.3 Å². The summed E-state index contributed by atoms with van der Waals surface area (Å²) in [7, 11) is 0. The molecule has 6 rings (SSSR count). The first-order valence-electron chi connectivity index (χ1n) is 12.3. The lowest BCUT2D eigenvalue weighted by Crippen LogP contribution is -2.34. The molecule has 4 aromatic rings. The fraction of sp³-hybridized carbons (Fsp3) is 0.333. The van der Waals surface area contributed by atoms with Gasteiger partial charge >= 0.3 is 5.97 Å². The van der Waals surface area contributed by atoms with E-state index < -0.39 is 5.97 Å². The number of aromatic carboxylic acids is 1. The van der Waals surface area contributed by atoms with E-state index in [0.29, 0.717) is 5.56 Å². The van der Waals surface area contributed by atoms with Crippen molar-refractivity contribution in [1.29, 1.82) is 0 Å². The monoisotopic (exact) mass is 482 g/mol. The van der Waals surface area contributed by atoms with Crippen molar-refractivity contribution in [3.8, 4) is 27.5 Å². The van der Waals surface area contributed by atoms with Gasteiger partial charge in [0, 0.05) is 28.9 Å². The van der Waals surface area contributed by atoms with Crippen LogP contribution in [0.5, 0.6) is 0 Å². The second-order valence-corrected chi connectivity index (χ2v) is 12.1. The smallest absolute Gasteiger partial charge is 0.335 e. The van der Waals surface area contributed by atoms with Crippen molar-refractivity contribution in [3.05, 3.63) is 82.0 Å². The third-order valence-electron chi connectivity index (χ3n) is 8.15. The van der Waals surface area contributed by atoms with Gasteiger partial charge in [0.1, 0.15) is 0 Å². The zero-order valence-electron chi connectivity index (χ0n) is 20.7. The molecule has 0 saturated heterocycles. The van der Waals surface area contributed by atoms with E-state index in [0.717, 1.165) is 29.1 Å². The molecule has 2 aliphatic rings. The highest BCUT2D eigenvalue weighted by Gasteiger charge is 2.39. The van der Waals surface area contributed by atoms with E-state index in [1.54, 1.807) is 23.5 Å². The maximum absolute atomic E-state index is 11.4. The average molecular weight is 483 g/mol. The summed E-state index contributed by atoms with van der Waals surface area (Å²) in [6, 6.07) is 12.2. The Balaban J connectivity index is 1.60. The highest BCUT2D eigenvalue weighted by Crippen LogP contribution is 2.50. The number of carboxylic acids is 1. The zero-order chi connectivity index (χ0) is 24.5. The van der Waals surface area contributed by atoms with Gasteiger partial charge in [-0.3, -0.25) is 4.57 Å². The normalized spacial score (nSPS) is 17.4. The molecule has 5 heteroatoms. The molecule has 2 aliphatic carbocycles. The molecule has 0 bridgehead atoms. The number of hydrogen-bond donors (Lipinski definition) is 1. The summed E-state index contributed by atoms with van der Waals surface area (Å²) in [6.45, 7) is 9.54. The second-order valence-electron chi connectivity index (χ2n) is 11.3. The van der Waals surface area contributed by atoms with Crippen molar-refractivity contribution in [2.24, 2.45) is 0 Å². The molecule has 0 fully saturated rings. The predicted octanol–water partition coefficient (Wildman–Crippen LogP) is 7.41. The lowest BCUT2D eigenvalue weighted by atomic mass is 9.62. The van der Waals surface area contributed by atoms with Crippen LogP contribution in [0.3, 0.4) is 0 Å². The number of carbonyl (C=O) groups is 1. The summed E-state index contributed by atoms with van der Waals surface area (Å²) in [6.07, 6.45) is 8.42. The number of aryl methyl sites for hydroxylation is 1. The van der Waals surface area contributed by atoms with Gasteiger partial charge in [-0.25, -0.2) is 9.78 Å². The van der Waals surface area contributed by atoms with Crippen LogP contribution in [0.1, 0.15) is 73.1 Å². The number of carboxylic acid groups (broad SMARTS) is 1. The maximum atomic E-state index is 11.4. The molecule has 2 aromatic heterocycles. The topological polar surface area (TPSA) is 55.1 Å². The number of nitrogens with zero attached hydrogens (tertiary/aromatic N) is 2. The summed E-state index contributed by atoms with van der Waals surface area (Å²) < 4.78 is 2.26. The van der Waals surface area contributed by atoms with Crippen molar-refractivity contribution in [2.45, 2.75) is 64.2 Å². The Morgan fingerprint density at radius 1 is 0.971 bits per heavy atom. The highest BCUT2D eigenvalue weighted by molar-refractivity contribution is 7.12. The van der Waals surface area contributed by atoms with Crippen molar-refractivity contribution < 1.29 is 9.90 Å². The molecule has 0 atom stereocenters. The Kier molecular flexibility index (Phi) is 4.88. The zero-order valence-corrected chi connectivity index (χ0v) is 21.5. The van der Waals surface area contributed by atoms with Crippen LogP contribution >= 0.6 is 11.3 Å². The van der Waals surface area contributed by atoms with E-state index in [9.17, 15) is 9.90 Å². The Hall–Kier alpha value is -3.18. The van der Waals surface area contributed by atoms with Crippen LogP contribution in [0.2, 0.25) is 0 Å². The Morgan fingerprint density at radius 2 is 1.66 bits per heavy atom. The van der Waals surface area contributed by atoms with Crippen molar-refractivity contribution in [1.82, 2.24) is 9.55 Å². The van der Waals surface area contributed by atoms with Gasteiger partial charge in [0.2, 0.25) is 0 Å². The second kappa shape index (κ2) is 7.66. The number of thiazole rings is 1. The fourth-order valence-electron chi connectivity index (χ4n) is 5.96. The number of rotatable bonds is 3. The third-order valence-corrected chi connectivity index (χ3v) is 8.93. The van der Waals surface area contributed by atoms with E-state index in [4.69, 9.17) is 0 Å². The van der Waals surface area contributed by atoms with E-state index in [1.165, 1.54) is 46.4 Å². The van der Waals surface area contributed by atoms with Gasteiger partial charge in [-0.05, 0) is 82.5 Å². The minimum atomic E-state index is -0.900. The number of fused-ring (bicyclic) bond motifs is 4. The standard InChI is InChI=1S/C30H30N2O2S/c1-29(2)11-12-30(3,4)25-16-22-20(15-24(25)29)9-10-21-23(18-5-7-19(8-6-18)27(33)34)17-32(26(21)22)28-31-13-14-35-28/h5-8,13-17H,9-12H2,1-4H3,(H,33,34). The molecule has 0 saturated carbocycles. The molecule has 4 nitrogen and oxygen atoms in total. The molecular weight excluding hydrogens is 452 g/mol. The van der Waals surface area contributed by atoms with Crippen molar-refractivity contribution in [2.75, 3.05) is 0 Å². The molecular formula is C30H30N2O2S. The minimum absolute atomic E-state index is 0.144. The number of hydrogen-bond acceptors (Lipinski definition) is 3. The molecule has 178 valence electrons. The Bertz CT molecular complexity index is 1460.